The van der Waals surface area contributed by atoms with Gasteiger partial charge in [0.2, 0.25) is 0 Å². The molecule has 0 aromatic carbocycles. The number of rotatable bonds is 1. The van der Waals surface area contributed by atoms with Crippen LogP contribution in [-0.4, -0.2) is 22.3 Å². The Hall–Kier alpha value is -0.700. The van der Waals surface area contributed by atoms with Gasteiger partial charge in [0, 0.05) is 6.42 Å². The highest BCUT2D eigenvalue weighted by atomic mass is 16.3. The molecule has 2 aliphatic carbocycles. The Bertz CT molecular complexity index is 306. The number of hydrogen-bond donors (Lipinski definition) is 1. The highest BCUT2D eigenvalue weighted by Gasteiger charge is 2.61. The molecular weight excluding hydrogens is 180 g/mol. The summed E-state index contributed by atoms with van der Waals surface area (Å²) < 4.78 is 0. The lowest BCUT2D eigenvalue weighted by atomic mass is 9.67. The smallest absolute Gasteiger partial charge is 0.152 e. The Labute approximate surface area is 83.5 Å². The van der Waals surface area contributed by atoms with Gasteiger partial charge in [0.15, 0.2) is 5.78 Å². The first-order chi connectivity index (χ1) is 6.44. The fourth-order valence-corrected chi connectivity index (χ4v) is 2.90. The molecule has 0 radical (unpaired) electrons. The molecule has 0 aromatic rings. The molecule has 0 aliphatic heterocycles. The van der Waals surface area contributed by atoms with Crippen LogP contribution in [0.15, 0.2) is 0 Å². The Kier molecular flexibility index (Phi) is 1.87. The summed E-state index contributed by atoms with van der Waals surface area (Å²) in [5, 5.41) is 9.99. The van der Waals surface area contributed by atoms with Crippen molar-refractivity contribution in [2.75, 3.05) is 0 Å². The third-order valence-electron chi connectivity index (χ3n) is 4.12. The van der Waals surface area contributed by atoms with Gasteiger partial charge in [-0.25, -0.2) is 0 Å². The first kappa shape index (κ1) is 9.84. The molecule has 3 heteroatoms. The van der Waals surface area contributed by atoms with E-state index in [9.17, 15) is 14.7 Å². The first-order valence-corrected chi connectivity index (χ1v) is 5.24. The van der Waals surface area contributed by atoms with Crippen LogP contribution in [0.2, 0.25) is 0 Å². The average molecular weight is 196 g/mol. The number of ketones is 2. The van der Waals surface area contributed by atoms with Crippen LogP contribution in [0.3, 0.4) is 0 Å². The van der Waals surface area contributed by atoms with Gasteiger partial charge in [0.1, 0.15) is 5.78 Å². The molecule has 3 nitrogen and oxygen atoms in total. The maximum Gasteiger partial charge on any atom is 0.152 e. The van der Waals surface area contributed by atoms with Gasteiger partial charge in [0.05, 0.1) is 16.9 Å². The molecule has 0 heterocycles. The molecule has 78 valence electrons. The van der Waals surface area contributed by atoms with E-state index >= 15 is 0 Å². The normalized spacial score (nSPS) is 47.2. The Morgan fingerprint density at radius 2 is 2.07 bits per heavy atom. The Morgan fingerprint density at radius 3 is 2.64 bits per heavy atom. The van der Waals surface area contributed by atoms with Crippen LogP contribution in [-0.2, 0) is 9.59 Å². The molecule has 1 N–H and O–H groups in total. The van der Waals surface area contributed by atoms with Gasteiger partial charge in [-0.15, -0.1) is 0 Å². The molecule has 2 rings (SSSR count). The molecular formula is C11H16O3. The molecule has 2 aliphatic rings. The average Bonchev–Trinajstić information content (AvgIpc) is 2.31. The van der Waals surface area contributed by atoms with Crippen molar-refractivity contribution in [3.05, 3.63) is 0 Å². The molecule has 2 fully saturated rings. The highest BCUT2D eigenvalue weighted by molar-refractivity contribution is 6.15. The summed E-state index contributed by atoms with van der Waals surface area (Å²) in [6.45, 7) is 3.56. The van der Waals surface area contributed by atoms with Gasteiger partial charge in [-0.1, -0.05) is 6.92 Å². The molecule has 0 saturated heterocycles. The van der Waals surface area contributed by atoms with Crippen LogP contribution < -0.4 is 0 Å². The second kappa shape index (κ2) is 2.66. The summed E-state index contributed by atoms with van der Waals surface area (Å²) in [5.41, 5.74) is -1.69. The van der Waals surface area contributed by atoms with Crippen LogP contribution in [0.25, 0.3) is 0 Å². The minimum Gasteiger partial charge on any atom is -0.389 e. The van der Waals surface area contributed by atoms with Gasteiger partial charge in [-0.2, -0.15) is 0 Å². The van der Waals surface area contributed by atoms with Crippen molar-refractivity contribution >= 4 is 11.6 Å². The minimum absolute atomic E-state index is 0.0127. The quantitative estimate of drug-likeness (QED) is 0.638. The second-order valence-corrected chi connectivity index (χ2v) is 4.84. The number of carbonyl (C=O) groups excluding carboxylic acids is 2. The maximum absolute atomic E-state index is 12.0. The largest absolute Gasteiger partial charge is 0.389 e. The summed E-state index contributed by atoms with van der Waals surface area (Å²) in [6, 6.07) is 0. The van der Waals surface area contributed by atoms with Crippen LogP contribution in [0.4, 0.5) is 0 Å². The zero-order chi connectivity index (χ0) is 10.6. The molecule has 0 spiro atoms. The van der Waals surface area contributed by atoms with Crippen LogP contribution in [0.5, 0.6) is 0 Å². The van der Waals surface area contributed by atoms with Gasteiger partial charge in [-0.3, -0.25) is 9.59 Å². The molecule has 0 aromatic heterocycles. The lowest BCUT2D eigenvalue weighted by Crippen LogP contribution is -2.47. The van der Waals surface area contributed by atoms with Crippen LogP contribution in [0.1, 0.15) is 39.5 Å². The van der Waals surface area contributed by atoms with Gasteiger partial charge in [-0.05, 0) is 26.2 Å². The second-order valence-electron chi connectivity index (χ2n) is 4.84. The molecule has 2 bridgehead atoms. The van der Waals surface area contributed by atoms with Crippen molar-refractivity contribution in [1.82, 2.24) is 0 Å². The van der Waals surface area contributed by atoms with E-state index in [0.717, 1.165) is 0 Å². The standard InChI is InChI=1S/C11H16O3/c1-3-11-5-4-10(2,14)7(9(11)13)6-8(11)12/h7,14H,3-6H2,1-2H3/t7-,10+,11+/m0/s1. The van der Waals surface area contributed by atoms with E-state index in [-0.39, 0.29) is 18.0 Å². The summed E-state index contributed by atoms with van der Waals surface area (Å²) in [7, 11) is 0. The third-order valence-corrected chi connectivity index (χ3v) is 4.12. The fourth-order valence-electron chi connectivity index (χ4n) is 2.90. The van der Waals surface area contributed by atoms with Gasteiger partial charge >= 0.3 is 0 Å². The van der Waals surface area contributed by atoms with Crippen molar-refractivity contribution in [3.8, 4) is 0 Å². The van der Waals surface area contributed by atoms with Crippen LogP contribution >= 0.6 is 0 Å². The van der Waals surface area contributed by atoms with Gasteiger partial charge < -0.3 is 5.11 Å². The molecule has 0 amide bonds. The summed E-state index contributed by atoms with van der Waals surface area (Å²) in [6.07, 6.45) is 1.95. The van der Waals surface area contributed by atoms with E-state index < -0.39 is 16.9 Å². The van der Waals surface area contributed by atoms with Crippen molar-refractivity contribution < 1.29 is 14.7 Å². The van der Waals surface area contributed by atoms with E-state index in [1.807, 2.05) is 6.92 Å². The van der Waals surface area contributed by atoms with Crippen molar-refractivity contribution in [2.24, 2.45) is 11.3 Å². The molecule has 14 heavy (non-hydrogen) atoms. The van der Waals surface area contributed by atoms with Crippen molar-refractivity contribution in [3.63, 3.8) is 0 Å². The summed E-state index contributed by atoms with van der Waals surface area (Å²) in [4.78, 5) is 23.8. The topological polar surface area (TPSA) is 54.4 Å². The Balaban J connectivity index is 2.43. The fraction of sp³-hybridized carbons (Fsp3) is 0.818. The summed E-state index contributed by atoms with van der Waals surface area (Å²) in [5.74, 6) is -0.405. The number of fused-ring (bicyclic) bond motifs is 2. The third kappa shape index (κ3) is 0.962. The highest BCUT2D eigenvalue weighted by Crippen LogP contribution is 2.51. The van der Waals surface area contributed by atoms with E-state index in [0.29, 0.717) is 19.3 Å². The monoisotopic (exact) mass is 196 g/mol. The molecule has 0 unspecified atom stereocenters. The van der Waals surface area contributed by atoms with E-state index in [2.05, 4.69) is 0 Å². The lowest BCUT2D eigenvalue weighted by Gasteiger charge is -2.37. The number of Topliss-reactive ketones (excluding diaryl/α,β-unsaturated/α-hetero) is 2. The molecule has 2 saturated carbocycles. The lowest BCUT2D eigenvalue weighted by molar-refractivity contribution is -0.146. The maximum atomic E-state index is 12.0. The number of carbonyl (C=O) groups is 2. The predicted octanol–water partition coefficient (Wildman–Crippen LogP) is 1.09. The van der Waals surface area contributed by atoms with Crippen LogP contribution in [0, 0.1) is 11.3 Å². The van der Waals surface area contributed by atoms with E-state index in [4.69, 9.17) is 0 Å². The van der Waals surface area contributed by atoms with Crippen molar-refractivity contribution in [2.45, 2.75) is 45.1 Å². The zero-order valence-electron chi connectivity index (χ0n) is 8.67. The van der Waals surface area contributed by atoms with E-state index in [1.165, 1.54) is 0 Å². The van der Waals surface area contributed by atoms with Gasteiger partial charge in [0.25, 0.3) is 0 Å². The summed E-state index contributed by atoms with van der Waals surface area (Å²) >= 11 is 0. The Morgan fingerprint density at radius 1 is 1.43 bits per heavy atom. The predicted molar refractivity (Wildman–Crippen MR) is 50.7 cm³/mol. The molecule has 3 atom stereocenters. The zero-order valence-corrected chi connectivity index (χ0v) is 8.67. The minimum atomic E-state index is -0.956. The number of hydrogen-bond acceptors (Lipinski definition) is 3. The first-order valence-electron chi connectivity index (χ1n) is 5.24. The van der Waals surface area contributed by atoms with Crippen molar-refractivity contribution in [1.29, 1.82) is 0 Å². The SMILES string of the molecule is CC[C@@]12CC[C@@](C)(O)[C@@H](CC1=O)C2=O. The van der Waals surface area contributed by atoms with E-state index in [1.54, 1.807) is 6.92 Å². The number of aliphatic hydroxyl groups is 1.